The smallest absolute Gasteiger partial charge is 0.162 e. The second-order valence-corrected chi connectivity index (χ2v) is 9.14. The quantitative estimate of drug-likeness (QED) is 0.750. The van der Waals surface area contributed by atoms with Crippen LogP contribution >= 0.6 is 0 Å². The maximum Gasteiger partial charge on any atom is 0.162 e. The van der Waals surface area contributed by atoms with Gasteiger partial charge in [0, 0.05) is 17.8 Å². The highest BCUT2D eigenvalue weighted by molar-refractivity contribution is 5.91. The summed E-state index contributed by atoms with van der Waals surface area (Å²) in [4.78, 5) is 36.4. The lowest BCUT2D eigenvalue weighted by Gasteiger charge is -2.59. The van der Waals surface area contributed by atoms with Crippen molar-refractivity contribution in [2.45, 2.75) is 58.0 Å². The summed E-state index contributed by atoms with van der Waals surface area (Å²) in [5, 5.41) is 20.5. The second kappa shape index (κ2) is 6.10. The standard InChI is InChI=1S/C21H28O5/c1-20-7-6-13(24)8-12(20)2-3-14-15-4-5-16(18(26)10-22)21(15,11-23)9-17(25)19(14)20/h8,11,14-17,19,22,25H,2-7,9-10H2,1H3/t14-,15-,16?,17?,19-,20+,21-/m1/s1. The van der Waals surface area contributed by atoms with E-state index in [4.69, 9.17) is 0 Å². The molecule has 5 nitrogen and oxygen atoms in total. The molecule has 7 atom stereocenters. The molecule has 4 rings (SSSR count). The third kappa shape index (κ3) is 2.26. The molecule has 4 aliphatic rings. The van der Waals surface area contributed by atoms with E-state index in [-0.39, 0.29) is 34.7 Å². The van der Waals surface area contributed by atoms with Crippen LogP contribution in [0, 0.1) is 34.5 Å². The number of aliphatic hydroxyl groups is 2. The molecule has 0 heterocycles. The van der Waals surface area contributed by atoms with Crippen LogP contribution in [0.5, 0.6) is 0 Å². The zero-order valence-corrected chi connectivity index (χ0v) is 15.3. The third-order valence-electron chi connectivity index (χ3n) is 8.27. The Bertz CT molecular complexity index is 682. The zero-order chi connectivity index (χ0) is 18.7. The number of fused-ring (bicyclic) bond motifs is 5. The van der Waals surface area contributed by atoms with Crippen LogP contribution in [0.25, 0.3) is 0 Å². The molecule has 3 saturated carbocycles. The minimum atomic E-state index is -0.831. The summed E-state index contributed by atoms with van der Waals surface area (Å²) in [6.45, 7) is 1.63. The molecule has 26 heavy (non-hydrogen) atoms. The molecule has 0 aromatic rings. The molecule has 3 fully saturated rings. The number of hydrogen-bond donors (Lipinski definition) is 2. The average molecular weight is 360 g/mol. The number of carbonyl (C=O) groups is 3. The van der Waals surface area contributed by atoms with Gasteiger partial charge in [-0.1, -0.05) is 12.5 Å². The number of rotatable bonds is 3. The van der Waals surface area contributed by atoms with Crippen LogP contribution in [0.2, 0.25) is 0 Å². The average Bonchev–Trinajstić information content (AvgIpc) is 3.00. The van der Waals surface area contributed by atoms with Crippen LogP contribution in [0.15, 0.2) is 11.6 Å². The Morgan fingerprint density at radius 1 is 1.31 bits per heavy atom. The van der Waals surface area contributed by atoms with E-state index in [9.17, 15) is 24.6 Å². The minimum absolute atomic E-state index is 0.0386. The van der Waals surface area contributed by atoms with Gasteiger partial charge in [0.15, 0.2) is 11.6 Å². The molecule has 5 heteroatoms. The number of Topliss-reactive ketones (excluding diaryl/α,β-unsaturated/α-hetero) is 1. The molecule has 0 saturated heterocycles. The van der Waals surface area contributed by atoms with Crippen molar-refractivity contribution in [1.29, 1.82) is 0 Å². The number of hydrogen-bond acceptors (Lipinski definition) is 5. The van der Waals surface area contributed by atoms with Crippen molar-refractivity contribution in [3.05, 3.63) is 11.6 Å². The number of allylic oxidation sites excluding steroid dienone is 1. The Balaban J connectivity index is 1.74. The fourth-order valence-electron chi connectivity index (χ4n) is 7.18. The highest BCUT2D eigenvalue weighted by Gasteiger charge is 2.64. The van der Waals surface area contributed by atoms with Gasteiger partial charge >= 0.3 is 0 Å². The van der Waals surface area contributed by atoms with Crippen LogP contribution in [-0.2, 0) is 14.4 Å². The summed E-state index contributed by atoms with van der Waals surface area (Å²) in [6, 6.07) is 0. The van der Waals surface area contributed by atoms with Crippen molar-refractivity contribution in [2.24, 2.45) is 34.5 Å². The van der Waals surface area contributed by atoms with Crippen LogP contribution in [0.1, 0.15) is 51.9 Å². The van der Waals surface area contributed by atoms with Gasteiger partial charge in [-0.25, -0.2) is 0 Å². The number of ketones is 2. The first-order chi connectivity index (χ1) is 12.4. The largest absolute Gasteiger partial charge is 0.393 e. The molecule has 0 spiro atoms. The molecular formula is C21H28O5. The predicted molar refractivity (Wildman–Crippen MR) is 94.1 cm³/mol. The Morgan fingerprint density at radius 3 is 2.77 bits per heavy atom. The molecule has 142 valence electrons. The summed E-state index contributed by atoms with van der Waals surface area (Å²) < 4.78 is 0. The van der Waals surface area contributed by atoms with E-state index < -0.39 is 24.0 Å². The molecule has 2 N–H and O–H groups in total. The molecule has 2 unspecified atom stereocenters. The molecule has 0 aromatic heterocycles. The van der Waals surface area contributed by atoms with Crippen LogP contribution in [-0.4, -0.2) is 40.8 Å². The van der Waals surface area contributed by atoms with E-state index in [1.54, 1.807) is 6.08 Å². The van der Waals surface area contributed by atoms with Gasteiger partial charge in [-0.3, -0.25) is 9.59 Å². The van der Waals surface area contributed by atoms with E-state index in [1.807, 2.05) is 0 Å². The van der Waals surface area contributed by atoms with E-state index in [2.05, 4.69) is 6.92 Å². The first-order valence-electron chi connectivity index (χ1n) is 9.89. The van der Waals surface area contributed by atoms with E-state index >= 15 is 0 Å². The van der Waals surface area contributed by atoms with Crippen LogP contribution < -0.4 is 0 Å². The topological polar surface area (TPSA) is 91.7 Å². The Kier molecular flexibility index (Phi) is 4.23. The first kappa shape index (κ1) is 18.1. The van der Waals surface area contributed by atoms with Crippen molar-refractivity contribution < 1.29 is 24.6 Å². The Morgan fingerprint density at radius 2 is 2.08 bits per heavy atom. The van der Waals surface area contributed by atoms with E-state index in [1.165, 1.54) is 0 Å². The summed E-state index contributed by atoms with van der Waals surface area (Å²) in [5.41, 5.74) is 0.140. The molecular weight excluding hydrogens is 332 g/mol. The number of carbonyl (C=O) groups excluding carboxylic acids is 3. The maximum absolute atomic E-state index is 12.3. The summed E-state index contributed by atoms with van der Waals surface area (Å²) >= 11 is 0. The van der Waals surface area contributed by atoms with E-state index in [0.717, 1.165) is 37.5 Å². The molecule has 0 amide bonds. The van der Waals surface area contributed by atoms with Gasteiger partial charge in [-0.15, -0.1) is 0 Å². The monoisotopic (exact) mass is 360 g/mol. The van der Waals surface area contributed by atoms with Gasteiger partial charge in [0.1, 0.15) is 12.9 Å². The van der Waals surface area contributed by atoms with Crippen molar-refractivity contribution in [1.82, 2.24) is 0 Å². The van der Waals surface area contributed by atoms with Crippen molar-refractivity contribution >= 4 is 17.9 Å². The fourth-order valence-corrected chi connectivity index (χ4v) is 7.18. The lowest BCUT2D eigenvalue weighted by atomic mass is 9.45. The third-order valence-corrected chi connectivity index (χ3v) is 8.27. The van der Waals surface area contributed by atoms with E-state index in [0.29, 0.717) is 19.3 Å². The second-order valence-electron chi connectivity index (χ2n) is 9.14. The van der Waals surface area contributed by atoms with Crippen molar-refractivity contribution in [3.8, 4) is 0 Å². The van der Waals surface area contributed by atoms with Gasteiger partial charge in [0.25, 0.3) is 0 Å². The van der Waals surface area contributed by atoms with Gasteiger partial charge in [0.2, 0.25) is 0 Å². The van der Waals surface area contributed by atoms with Crippen molar-refractivity contribution in [3.63, 3.8) is 0 Å². The molecule has 0 bridgehead atoms. The highest BCUT2D eigenvalue weighted by Crippen LogP contribution is 2.66. The first-order valence-corrected chi connectivity index (χ1v) is 9.89. The van der Waals surface area contributed by atoms with Gasteiger partial charge in [0.05, 0.1) is 6.10 Å². The summed E-state index contributed by atoms with van der Waals surface area (Å²) in [5.74, 6) is -0.241. The van der Waals surface area contributed by atoms with Gasteiger partial charge < -0.3 is 15.0 Å². The number of aldehydes is 1. The van der Waals surface area contributed by atoms with Crippen LogP contribution in [0.3, 0.4) is 0 Å². The summed E-state index contributed by atoms with van der Waals surface area (Å²) in [7, 11) is 0. The summed E-state index contributed by atoms with van der Waals surface area (Å²) in [6.07, 6.45) is 6.75. The predicted octanol–water partition coefficient (Wildman–Crippen LogP) is 1.85. The lowest BCUT2D eigenvalue weighted by molar-refractivity contribution is -0.157. The van der Waals surface area contributed by atoms with Crippen LogP contribution in [0.4, 0.5) is 0 Å². The normalized spacial score (nSPS) is 47.4. The maximum atomic E-state index is 12.3. The number of aliphatic hydroxyl groups excluding tert-OH is 2. The molecule has 4 aliphatic carbocycles. The lowest BCUT2D eigenvalue weighted by Crippen LogP contribution is -2.58. The molecule has 0 aliphatic heterocycles. The molecule has 0 radical (unpaired) electrons. The Labute approximate surface area is 153 Å². The SMILES string of the molecule is C[C@]12CCC(=O)C=C1CC[C@@H]1[C@H]3CCC(C(=O)CO)[C@@]3(C=O)CC(O)[C@@H]12. The Hall–Kier alpha value is -1.33. The molecule has 0 aromatic carbocycles. The highest BCUT2D eigenvalue weighted by atomic mass is 16.3. The van der Waals surface area contributed by atoms with Crippen molar-refractivity contribution in [2.75, 3.05) is 6.61 Å². The van der Waals surface area contributed by atoms with Gasteiger partial charge in [-0.2, -0.15) is 0 Å². The van der Waals surface area contributed by atoms with Gasteiger partial charge in [-0.05, 0) is 67.8 Å². The minimum Gasteiger partial charge on any atom is -0.393 e. The fraction of sp³-hybridized carbons (Fsp3) is 0.762. The zero-order valence-electron chi connectivity index (χ0n) is 15.3.